The average Bonchev–Trinajstić information content (AvgIpc) is 2.77. The lowest BCUT2D eigenvalue weighted by molar-refractivity contribution is 0.719. The maximum Gasteiger partial charge on any atom is 0.154 e. The number of hydrogen-bond donors (Lipinski definition) is 1. The number of nitrogens with zero attached hydrogens (tertiary/aromatic N) is 4. The largest absolute Gasteiger partial charge is 0.374 e. The zero-order valence-electron chi connectivity index (χ0n) is 10.1. The van der Waals surface area contributed by atoms with Crippen LogP contribution in [0.15, 0.2) is 29.0 Å². The van der Waals surface area contributed by atoms with Crippen LogP contribution >= 0.6 is 15.9 Å². The van der Waals surface area contributed by atoms with Crippen molar-refractivity contribution < 1.29 is 0 Å². The SMILES string of the molecule is CC(Nc1ccc(Br)cc1C#N)c1nncn1C. The standard InChI is InChI=1S/C12H12BrN5/c1-8(12-17-15-7-18(12)2)16-11-4-3-10(13)5-9(11)6-14/h3-5,7-8,16H,1-2H3. The molecule has 0 radical (unpaired) electrons. The van der Waals surface area contributed by atoms with Crippen LogP contribution in [0.3, 0.4) is 0 Å². The molecule has 0 fully saturated rings. The number of aryl methyl sites for hydroxylation is 1. The third-order valence-electron chi connectivity index (χ3n) is 2.61. The van der Waals surface area contributed by atoms with Crippen LogP contribution in [-0.2, 0) is 7.05 Å². The van der Waals surface area contributed by atoms with Gasteiger partial charge in [0, 0.05) is 11.5 Å². The van der Waals surface area contributed by atoms with Gasteiger partial charge in [-0.1, -0.05) is 15.9 Å². The highest BCUT2D eigenvalue weighted by Crippen LogP contribution is 2.24. The minimum atomic E-state index is -0.0224. The maximum absolute atomic E-state index is 9.10. The predicted octanol–water partition coefficient (Wildman–Crippen LogP) is 2.62. The number of anilines is 1. The van der Waals surface area contributed by atoms with Crippen LogP contribution in [0.1, 0.15) is 24.4 Å². The molecule has 0 amide bonds. The Morgan fingerprint density at radius 1 is 1.50 bits per heavy atom. The molecular formula is C12H12BrN5. The first kappa shape index (κ1) is 12.6. The molecule has 0 aliphatic rings. The van der Waals surface area contributed by atoms with E-state index in [4.69, 9.17) is 5.26 Å². The monoisotopic (exact) mass is 305 g/mol. The van der Waals surface area contributed by atoms with E-state index in [2.05, 4.69) is 37.5 Å². The summed E-state index contributed by atoms with van der Waals surface area (Å²) in [5.74, 6) is 0.821. The van der Waals surface area contributed by atoms with Gasteiger partial charge in [0.25, 0.3) is 0 Å². The van der Waals surface area contributed by atoms with Crippen molar-refractivity contribution in [3.63, 3.8) is 0 Å². The van der Waals surface area contributed by atoms with E-state index >= 15 is 0 Å². The highest BCUT2D eigenvalue weighted by atomic mass is 79.9. The Morgan fingerprint density at radius 2 is 2.28 bits per heavy atom. The number of hydrogen-bond acceptors (Lipinski definition) is 4. The Labute approximate surface area is 114 Å². The normalized spacial score (nSPS) is 11.9. The predicted molar refractivity (Wildman–Crippen MR) is 71.9 cm³/mol. The molecule has 2 aromatic rings. The van der Waals surface area contributed by atoms with Gasteiger partial charge in [0.1, 0.15) is 12.4 Å². The highest BCUT2D eigenvalue weighted by Gasteiger charge is 2.13. The molecule has 1 N–H and O–H groups in total. The number of nitriles is 1. The van der Waals surface area contributed by atoms with Crippen LogP contribution in [-0.4, -0.2) is 14.8 Å². The van der Waals surface area contributed by atoms with Gasteiger partial charge in [0.15, 0.2) is 5.82 Å². The van der Waals surface area contributed by atoms with Gasteiger partial charge in [-0.15, -0.1) is 10.2 Å². The third kappa shape index (κ3) is 2.51. The molecule has 0 aliphatic carbocycles. The smallest absolute Gasteiger partial charge is 0.154 e. The van der Waals surface area contributed by atoms with Gasteiger partial charge in [-0.25, -0.2) is 0 Å². The van der Waals surface area contributed by atoms with Crippen molar-refractivity contribution in [1.82, 2.24) is 14.8 Å². The summed E-state index contributed by atoms with van der Waals surface area (Å²) in [7, 11) is 1.89. The fourth-order valence-electron chi connectivity index (χ4n) is 1.72. The Kier molecular flexibility index (Phi) is 3.63. The van der Waals surface area contributed by atoms with Crippen molar-refractivity contribution in [3.8, 4) is 6.07 Å². The van der Waals surface area contributed by atoms with Crippen LogP contribution in [0.5, 0.6) is 0 Å². The Bertz CT molecular complexity index is 599. The van der Waals surface area contributed by atoms with Crippen molar-refractivity contribution in [2.45, 2.75) is 13.0 Å². The van der Waals surface area contributed by atoms with Gasteiger partial charge in [0.2, 0.25) is 0 Å². The summed E-state index contributed by atoms with van der Waals surface area (Å²) >= 11 is 3.35. The zero-order chi connectivity index (χ0) is 13.1. The zero-order valence-corrected chi connectivity index (χ0v) is 11.6. The van der Waals surface area contributed by atoms with E-state index in [9.17, 15) is 0 Å². The molecule has 0 spiro atoms. The number of rotatable bonds is 3. The van der Waals surface area contributed by atoms with Crippen LogP contribution in [0.4, 0.5) is 5.69 Å². The lowest BCUT2D eigenvalue weighted by Gasteiger charge is -2.15. The lowest BCUT2D eigenvalue weighted by atomic mass is 10.1. The van der Waals surface area contributed by atoms with E-state index in [0.29, 0.717) is 5.56 Å². The van der Waals surface area contributed by atoms with Crippen LogP contribution in [0, 0.1) is 11.3 Å². The Morgan fingerprint density at radius 3 is 2.89 bits per heavy atom. The minimum absolute atomic E-state index is 0.0224. The summed E-state index contributed by atoms with van der Waals surface area (Å²) in [6.07, 6.45) is 1.65. The van der Waals surface area contributed by atoms with E-state index in [-0.39, 0.29) is 6.04 Å². The van der Waals surface area contributed by atoms with E-state index in [1.54, 1.807) is 12.4 Å². The molecule has 5 nitrogen and oxygen atoms in total. The van der Waals surface area contributed by atoms with Gasteiger partial charge in [-0.05, 0) is 25.1 Å². The molecule has 1 aromatic heterocycles. The topological polar surface area (TPSA) is 66.5 Å². The Balaban J connectivity index is 2.25. The van der Waals surface area contributed by atoms with Crippen molar-refractivity contribution >= 4 is 21.6 Å². The molecule has 92 valence electrons. The van der Waals surface area contributed by atoms with Crippen LogP contribution < -0.4 is 5.32 Å². The van der Waals surface area contributed by atoms with Crippen molar-refractivity contribution in [2.24, 2.45) is 7.05 Å². The lowest BCUT2D eigenvalue weighted by Crippen LogP contribution is -2.12. The summed E-state index contributed by atoms with van der Waals surface area (Å²) in [5.41, 5.74) is 1.38. The molecule has 0 saturated heterocycles. The minimum Gasteiger partial charge on any atom is -0.374 e. The van der Waals surface area contributed by atoms with E-state index in [0.717, 1.165) is 16.0 Å². The summed E-state index contributed by atoms with van der Waals surface area (Å²) < 4.78 is 2.73. The molecular weight excluding hydrogens is 294 g/mol. The first-order valence-electron chi connectivity index (χ1n) is 5.42. The molecule has 0 saturated carbocycles. The molecule has 2 rings (SSSR count). The molecule has 1 heterocycles. The summed E-state index contributed by atoms with van der Waals surface area (Å²) in [4.78, 5) is 0. The second-order valence-corrected chi connectivity index (χ2v) is 4.88. The fourth-order valence-corrected chi connectivity index (χ4v) is 2.08. The Hall–Kier alpha value is -1.87. The van der Waals surface area contributed by atoms with Gasteiger partial charge < -0.3 is 9.88 Å². The molecule has 0 bridgehead atoms. The second-order valence-electron chi connectivity index (χ2n) is 3.97. The van der Waals surface area contributed by atoms with Gasteiger partial charge in [-0.3, -0.25) is 0 Å². The van der Waals surface area contributed by atoms with Gasteiger partial charge >= 0.3 is 0 Å². The van der Waals surface area contributed by atoms with Crippen molar-refractivity contribution in [1.29, 1.82) is 5.26 Å². The first-order valence-corrected chi connectivity index (χ1v) is 6.21. The first-order chi connectivity index (χ1) is 8.61. The molecule has 1 unspecified atom stereocenters. The fraction of sp³-hybridized carbons (Fsp3) is 0.250. The van der Waals surface area contributed by atoms with Crippen LogP contribution in [0.25, 0.3) is 0 Å². The highest BCUT2D eigenvalue weighted by molar-refractivity contribution is 9.10. The van der Waals surface area contributed by atoms with Gasteiger partial charge in [0.05, 0.1) is 17.3 Å². The number of nitrogens with one attached hydrogen (secondary N) is 1. The van der Waals surface area contributed by atoms with Crippen LogP contribution in [0.2, 0.25) is 0 Å². The third-order valence-corrected chi connectivity index (χ3v) is 3.10. The second kappa shape index (κ2) is 5.19. The van der Waals surface area contributed by atoms with E-state index < -0.39 is 0 Å². The molecule has 1 atom stereocenters. The van der Waals surface area contributed by atoms with E-state index in [1.807, 2.05) is 30.7 Å². The van der Waals surface area contributed by atoms with Crippen molar-refractivity contribution in [2.75, 3.05) is 5.32 Å². The number of halogens is 1. The summed E-state index contributed by atoms with van der Waals surface area (Å²) in [6, 6.07) is 7.69. The maximum atomic E-state index is 9.10. The quantitative estimate of drug-likeness (QED) is 0.946. The van der Waals surface area contributed by atoms with Gasteiger partial charge in [-0.2, -0.15) is 5.26 Å². The van der Waals surface area contributed by atoms with Crippen molar-refractivity contribution in [3.05, 3.63) is 40.4 Å². The molecule has 18 heavy (non-hydrogen) atoms. The molecule has 0 aliphatic heterocycles. The number of aromatic nitrogens is 3. The average molecular weight is 306 g/mol. The summed E-state index contributed by atoms with van der Waals surface area (Å²) in [5, 5.41) is 20.2. The van der Waals surface area contributed by atoms with E-state index in [1.165, 1.54) is 0 Å². The molecule has 6 heteroatoms. The summed E-state index contributed by atoms with van der Waals surface area (Å²) in [6.45, 7) is 1.98. The molecule has 1 aromatic carbocycles. The number of benzene rings is 1.